The lowest BCUT2D eigenvalue weighted by Gasteiger charge is -2.31. The molecule has 1 aromatic rings. The molecule has 1 aromatic carbocycles. The normalized spacial score (nSPS) is 10.5. The number of halogens is 2. The van der Waals surface area contributed by atoms with E-state index < -0.39 is 18.9 Å². The van der Waals surface area contributed by atoms with Crippen LogP contribution in [-0.4, -0.2) is 29.0 Å². The van der Waals surface area contributed by atoms with Crippen molar-refractivity contribution in [3.8, 4) is 5.75 Å². The Morgan fingerprint density at radius 2 is 1.78 bits per heavy atom. The van der Waals surface area contributed by atoms with Crippen molar-refractivity contribution < 1.29 is 28.7 Å². The second-order valence-corrected chi connectivity index (χ2v) is 5.07. The van der Waals surface area contributed by atoms with E-state index in [9.17, 15) is 14.3 Å². The van der Waals surface area contributed by atoms with Gasteiger partial charge in [-0.2, -0.15) is 0 Å². The van der Waals surface area contributed by atoms with E-state index in [1.54, 1.807) is 12.1 Å². The Balaban J connectivity index is 0.00000149. The minimum atomic E-state index is -1.49. The second kappa shape index (κ2) is 11.6. The molecule has 0 unspecified atom stereocenters. The molecular weight excluding hydrogens is 419 g/mol. The summed E-state index contributed by atoms with van der Waals surface area (Å²) in [6.45, 7) is 5.93. The van der Waals surface area contributed by atoms with Crippen molar-refractivity contribution in [2.45, 2.75) is 45.6 Å². The van der Waals surface area contributed by atoms with E-state index in [1.807, 2.05) is 20.8 Å². The molecule has 0 saturated heterocycles. The van der Waals surface area contributed by atoms with Crippen LogP contribution in [0.5, 0.6) is 5.75 Å². The number of para-hydroxylation sites is 1. The predicted molar refractivity (Wildman–Crippen MR) is 95.0 cm³/mol. The van der Waals surface area contributed by atoms with Crippen molar-refractivity contribution in [2.24, 2.45) is 0 Å². The van der Waals surface area contributed by atoms with E-state index in [0.29, 0.717) is 0 Å². The highest BCUT2D eigenvalue weighted by molar-refractivity contribution is 14.1. The van der Waals surface area contributed by atoms with Gasteiger partial charge in [0.2, 0.25) is 0 Å². The largest absolute Gasteiger partial charge is 0.710 e. The molecule has 6 nitrogen and oxygen atoms in total. The van der Waals surface area contributed by atoms with Gasteiger partial charge in [0, 0.05) is 0 Å². The van der Waals surface area contributed by atoms with Crippen molar-refractivity contribution >= 4 is 36.2 Å². The number of benzene rings is 1. The predicted octanol–water partition coefficient (Wildman–Crippen LogP) is 3.54. The van der Waals surface area contributed by atoms with Crippen molar-refractivity contribution in [1.82, 2.24) is 3.75 Å². The standard InChI is InChI=1S/C14H21BO5.FHIN/c1-4-14(5-2,6-3)20-15(18)19-12-10-8-7-9-11(12)13(16)17;1-3-2/h7-10,18H,4-6H2,1-3H3,(H,16,17);3H. The number of carboxylic acids is 1. The molecule has 0 aliphatic rings. The monoisotopic (exact) mass is 441 g/mol. The molecule has 23 heavy (non-hydrogen) atoms. The van der Waals surface area contributed by atoms with Crippen LogP contribution in [0.15, 0.2) is 24.3 Å². The third-order valence-electron chi connectivity index (χ3n) is 3.63. The van der Waals surface area contributed by atoms with Crippen LogP contribution in [0.3, 0.4) is 0 Å². The molecule has 0 heterocycles. The van der Waals surface area contributed by atoms with Gasteiger partial charge in [-0.15, -0.1) is 4.48 Å². The van der Waals surface area contributed by atoms with Crippen molar-refractivity contribution in [3.05, 3.63) is 29.8 Å². The highest BCUT2D eigenvalue weighted by atomic mass is 127. The van der Waals surface area contributed by atoms with E-state index in [0.717, 1.165) is 19.3 Å². The Morgan fingerprint density at radius 3 is 2.22 bits per heavy atom. The molecule has 130 valence electrons. The van der Waals surface area contributed by atoms with E-state index in [2.05, 4.69) is 0 Å². The third-order valence-corrected chi connectivity index (χ3v) is 3.63. The zero-order chi connectivity index (χ0) is 17.9. The minimum Gasteiger partial charge on any atom is -0.511 e. The van der Waals surface area contributed by atoms with Crippen molar-refractivity contribution in [3.63, 3.8) is 0 Å². The first-order chi connectivity index (χ1) is 10.9. The molecule has 0 fully saturated rings. The van der Waals surface area contributed by atoms with Crippen molar-refractivity contribution in [2.75, 3.05) is 0 Å². The highest BCUT2D eigenvalue weighted by Gasteiger charge is 2.34. The molecule has 9 heteroatoms. The van der Waals surface area contributed by atoms with Crippen LogP contribution >= 0.6 is 22.9 Å². The number of aromatic carboxylic acids is 1. The first-order valence-corrected chi connectivity index (χ1v) is 8.28. The fourth-order valence-corrected chi connectivity index (χ4v) is 2.09. The van der Waals surface area contributed by atoms with E-state index in [-0.39, 0.29) is 11.3 Å². The summed E-state index contributed by atoms with van der Waals surface area (Å²) in [6, 6.07) is 6.14. The molecule has 0 spiro atoms. The average molecular weight is 441 g/mol. The van der Waals surface area contributed by atoms with Gasteiger partial charge in [0.15, 0.2) is 0 Å². The zero-order valence-electron chi connectivity index (χ0n) is 13.4. The topological polar surface area (TPSA) is 88.0 Å². The fourth-order valence-electron chi connectivity index (χ4n) is 2.09. The lowest BCUT2D eigenvalue weighted by atomic mass is 9.92. The molecule has 0 aliphatic heterocycles. The van der Waals surface area contributed by atoms with Crippen LogP contribution in [0.25, 0.3) is 0 Å². The Bertz CT molecular complexity index is 468. The maximum Gasteiger partial charge on any atom is 0.710 e. The molecule has 0 amide bonds. The molecule has 0 bridgehead atoms. The van der Waals surface area contributed by atoms with Crippen LogP contribution < -0.4 is 8.41 Å². The maximum atomic E-state index is 11.1. The van der Waals surface area contributed by atoms with Gasteiger partial charge in [-0.1, -0.05) is 36.7 Å². The minimum absolute atomic E-state index is 0.00903. The molecule has 0 atom stereocenters. The number of carboxylic acid groups (broad SMARTS) is 1. The number of rotatable bonds is 8. The van der Waals surface area contributed by atoms with E-state index in [1.165, 1.54) is 38.7 Å². The van der Waals surface area contributed by atoms with Gasteiger partial charge < -0.3 is 19.4 Å². The third kappa shape index (κ3) is 7.47. The first-order valence-electron chi connectivity index (χ1n) is 7.20. The molecule has 0 aromatic heterocycles. The van der Waals surface area contributed by atoms with Gasteiger partial charge in [-0.3, -0.25) is 0 Å². The Kier molecular flexibility index (Phi) is 11.1. The van der Waals surface area contributed by atoms with E-state index in [4.69, 9.17) is 14.4 Å². The SMILES string of the molecule is CCC(CC)(CC)OB(O)Oc1ccccc1C(=O)O.FNI. The maximum absolute atomic E-state index is 11.1. The van der Waals surface area contributed by atoms with Gasteiger partial charge in [0.25, 0.3) is 0 Å². The lowest BCUT2D eigenvalue weighted by molar-refractivity contribution is 0.0122. The van der Waals surface area contributed by atoms with Gasteiger partial charge in [0.1, 0.15) is 5.75 Å². The molecular formula is C14H22BFINO5. The smallest absolute Gasteiger partial charge is 0.511 e. The fraction of sp³-hybridized carbons (Fsp3) is 0.500. The van der Waals surface area contributed by atoms with Crippen LogP contribution in [0.4, 0.5) is 4.48 Å². The zero-order valence-corrected chi connectivity index (χ0v) is 15.5. The number of nitrogens with one attached hydrogen (secondary N) is 1. The van der Waals surface area contributed by atoms with Gasteiger partial charge in [0.05, 0.1) is 34.0 Å². The number of hydrogen-bond donors (Lipinski definition) is 3. The van der Waals surface area contributed by atoms with Crippen LogP contribution in [0.2, 0.25) is 0 Å². The Morgan fingerprint density at radius 1 is 1.30 bits per heavy atom. The van der Waals surface area contributed by atoms with Gasteiger partial charge >= 0.3 is 13.3 Å². The number of hydrogen-bond acceptors (Lipinski definition) is 5. The quantitative estimate of drug-likeness (QED) is 0.325. The highest BCUT2D eigenvalue weighted by Crippen LogP contribution is 2.26. The molecule has 1 rings (SSSR count). The van der Waals surface area contributed by atoms with E-state index >= 15 is 0 Å². The molecule has 0 radical (unpaired) electrons. The Hall–Kier alpha value is -0.905. The average Bonchev–Trinajstić information content (AvgIpc) is 2.54. The summed E-state index contributed by atoms with van der Waals surface area (Å²) in [4.78, 5) is 11.1. The summed E-state index contributed by atoms with van der Waals surface area (Å²) in [5, 5.41) is 18.9. The number of carbonyl (C=O) groups is 1. The first kappa shape index (κ1) is 22.1. The summed E-state index contributed by atoms with van der Waals surface area (Å²) in [5.41, 5.74) is -0.470. The summed E-state index contributed by atoms with van der Waals surface area (Å²) >= 11 is 1.37. The summed E-state index contributed by atoms with van der Waals surface area (Å²) < 4.78 is 22.0. The Labute approximate surface area is 150 Å². The molecule has 0 saturated carbocycles. The van der Waals surface area contributed by atoms with Crippen molar-refractivity contribution in [1.29, 1.82) is 0 Å². The molecule has 0 aliphatic carbocycles. The lowest BCUT2D eigenvalue weighted by Crippen LogP contribution is -2.41. The summed E-state index contributed by atoms with van der Waals surface area (Å²) in [5.74, 6) is -1.02. The van der Waals surface area contributed by atoms with Crippen LogP contribution in [0.1, 0.15) is 50.4 Å². The van der Waals surface area contributed by atoms with Crippen LogP contribution in [0, 0.1) is 0 Å². The van der Waals surface area contributed by atoms with Gasteiger partial charge in [-0.05, 0) is 31.4 Å². The van der Waals surface area contributed by atoms with Crippen LogP contribution in [-0.2, 0) is 4.65 Å². The molecule has 3 N–H and O–H groups in total. The summed E-state index contributed by atoms with van der Waals surface area (Å²) in [6.07, 6.45) is 2.21. The summed E-state index contributed by atoms with van der Waals surface area (Å²) in [7, 11) is -1.49. The second-order valence-electron chi connectivity index (χ2n) is 4.66. The van der Waals surface area contributed by atoms with Gasteiger partial charge in [-0.25, -0.2) is 4.79 Å².